The Balaban J connectivity index is 3.87. The molecule has 0 aromatic carbocycles. The van der Waals surface area contributed by atoms with Crippen molar-refractivity contribution >= 4 is 15.9 Å². The van der Waals surface area contributed by atoms with Crippen LogP contribution in [-0.2, 0) is 0 Å². The summed E-state index contributed by atoms with van der Waals surface area (Å²) in [4.78, 5) is 0. The van der Waals surface area contributed by atoms with E-state index in [1.807, 2.05) is 6.08 Å². The summed E-state index contributed by atoms with van der Waals surface area (Å²) in [6.07, 6.45) is 5.72. The molecule has 12 heavy (non-hydrogen) atoms. The molecule has 0 spiro atoms. The predicted octanol–water partition coefficient (Wildman–Crippen LogP) is 4.40. The Morgan fingerprint density at radius 2 is 2.08 bits per heavy atom. The van der Waals surface area contributed by atoms with Crippen LogP contribution in [0.15, 0.2) is 12.7 Å². The predicted molar refractivity (Wildman–Crippen MR) is 60.8 cm³/mol. The van der Waals surface area contributed by atoms with Gasteiger partial charge in [-0.25, -0.2) is 0 Å². The monoisotopic (exact) mass is 232 g/mol. The van der Waals surface area contributed by atoms with Gasteiger partial charge in [0, 0.05) is 5.33 Å². The van der Waals surface area contributed by atoms with Gasteiger partial charge in [0.2, 0.25) is 0 Å². The minimum Gasteiger partial charge on any atom is -0.103 e. The van der Waals surface area contributed by atoms with Gasteiger partial charge < -0.3 is 0 Å². The van der Waals surface area contributed by atoms with E-state index in [0.29, 0.717) is 5.41 Å². The van der Waals surface area contributed by atoms with Crippen LogP contribution in [0.5, 0.6) is 0 Å². The van der Waals surface area contributed by atoms with Crippen LogP contribution in [-0.4, -0.2) is 5.33 Å². The molecule has 0 radical (unpaired) electrons. The first-order valence-corrected chi connectivity index (χ1v) is 5.86. The van der Waals surface area contributed by atoms with Crippen molar-refractivity contribution in [1.82, 2.24) is 0 Å². The lowest BCUT2D eigenvalue weighted by Gasteiger charge is -2.31. The van der Waals surface area contributed by atoms with E-state index in [-0.39, 0.29) is 0 Å². The van der Waals surface area contributed by atoms with Crippen molar-refractivity contribution in [2.75, 3.05) is 5.33 Å². The second-order valence-electron chi connectivity index (χ2n) is 4.12. The molecule has 72 valence electrons. The minimum atomic E-state index is 0.461. The first-order valence-electron chi connectivity index (χ1n) is 4.73. The summed E-state index contributed by atoms with van der Waals surface area (Å²) >= 11 is 3.60. The molecule has 1 atom stereocenters. The Morgan fingerprint density at radius 3 is 2.42 bits per heavy atom. The van der Waals surface area contributed by atoms with Crippen LogP contribution < -0.4 is 0 Å². The van der Waals surface area contributed by atoms with Crippen molar-refractivity contribution in [1.29, 1.82) is 0 Å². The fourth-order valence-electron chi connectivity index (χ4n) is 1.16. The fraction of sp³-hybridized carbons (Fsp3) is 0.818. The quantitative estimate of drug-likeness (QED) is 0.362. The molecular weight excluding hydrogens is 212 g/mol. The highest BCUT2D eigenvalue weighted by Gasteiger charge is 2.25. The lowest BCUT2D eigenvalue weighted by atomic mass is 9.77. The van der Waals surface area contributed by atoms with E-state index < -0.39 is 0 Å². The highest BCUT2D eigenvalue weighted by Crippen LogP contribution is 2.34. The van der Waals surface area contributed by atoms with Crippen LogP contribution in [0.2, 0.25) is 0 Å². The molecule has 0 saturated carbocycles. The van der Waals surface area contributed by atoms with Crippen molar-refractivity contribution < 1.29 is 0 Å². The number of halogens is 1. The molecule has 0 fully saturated rings. The normalized spacial score (nSPS) is 16.1. The average molecular weight is 233 g/mol. The SMILES string of the molecule is C=CCCCC(C)(CBr)C(C)C. The zero-order valence-electron chi connectivity index (χ0n) is 8.57. The topological polar surface area (TPSA) is 0 Å². The van der Waals surface area contributed by atoms with E-state index in [1.54, 1.807) is 0 Å². The van der Waals surface area contributed by atoms with Gasteiger partial charge >= 0.3 is 0 Å². The van der Waals surface area contributed by atoms with Gasteiger partial charge in [-0.3, -0.25) is 0 Å². The Kier molecular flexibility index (Phi) is 5.90. The van der Waals surface area contributed by atoms with Crippen molar-refractivity contribution in [3.63, 3.8) is 0 Å². The van der Waals surface area contributed by atoms with E-state index in [4.69, 9.17) is 0 Å². The second kappa shape index (κ2) is 5.80. The summed E-state index contributed by atoms with van der Waals surface area (Å²) in [7, 11) is 0. The number of allylic oxidation sites excluding steroid dienone is 1. The number of unbranched alkanes of at least 4 members (excludes halogenated alkanes) is 1. The van der Waals surface area contributed by atoms with Gasteiger partial charge in [0.1, 0.15) is 0 Å². The molecule has 1 heteroatoms. The minimum absolute atomic E-state index is 0.461. The van der Waals surface area contributed by atoms with Crippen LogP contribution in [0.25, 0.3) is 0 Å². The standard InChI is InChI=1S/C11H21Br/c1-5-6-7-8-11(4,9-12)10(2)3/h5,10H,1,6-9H2,2-4H3. The smallest absolute Gasteiger partial charge is 0.00877 e. The van der Waals surface area contributed by atoms with Crippen molar-refractivity contribution in [2.45, 2.75) is 40.0 Å². The molecule has 0 amide bonds. The third kappa shape index (κ3) is 3.75. The summed E-state index contributed by atoms with van der Waals surface area (Å²) in [5.41, 5.74) is 0.461. The molecule has 0 aliphatic rings. The van der Waals surface area contributed by atoms with E-state index in [9.17, 15) is 0 Å². The van der Waals surface area contributed by atoms with Gasteiger partial charge in [0.25, 0.3) is 0 Å². The summed E-state index contributed by atoms with van der Waals surface area (Å²) in [5, 5.41) is 1.11. The van der Waals surface area contributed by atoms with E-state index in [2.05, 4.69) is 43.3 Å². The van der Waals surface area contributed by atoms with E-state index in [0.717, 1.165) is 17.7 Å². The fourth-order valence-corrected chi connectivity index (χ4v) is 2.09. The highest BCUT2D eigenvalue weighted by atomic mass is 79.9. The molecule has 0 bridgehead atoms. The lowest BCUT2D eigenvalue weighted by Crippen LogP contribution is -2.25. The number of hydrogen-bond acceptors (Lipinski definition) is 0. The summed E-state index contributed by atoms with van der Waals surface area (Å²) in [5.74, 6) is 0.752. The van der Waals surface area contributed by atoms with Crippen molar-refractivity contribution in [3.05, 3.63) is 12.7 Å². The van der Waals surface area contributed by atoms with Crippen molar-refractivity contribution in [3.8, 4) is 0 Å². The third-order valence-electron chi connectivity index (χ3n) is 2.86. The van der Waals surface area contributed by atoms with Gasteiger partial charge in [-0.2, -0.15) is 0 Å². The zero-order valence-corrected chi connectivity index (χ0v) is 10.2. The number of hydrogen-bond donors (Lipinski definition) is 0. The van der Waals surface area contributed by atoms with Gasteiger partial charge in [-0.1, -0.05) is 42.8 Å². The van der Waals surface area contributed by atoms with E-state index in [1.165, 1.54) is 12.8 Å². The Labute approximate surface area is 85.6 Å². The summed E-state index contributed by atoms with van der Waals surface area (Å²) < 4.78 is 0. The maximum Gasteiger partial charge on any atom is 0.00877 e. The summed E-state index contributed by atoms with van der Waals surface area (Å²) in [6, 6.07) is 0. The molecule has 0 aromatic heterocycles. The van der Waals surface area contributed by atoms with Crippen LogP contribution in [0.3, 0.4) is 0 Å². The molecule has 0 rings (SSSR count). The number of rotatable bonds is 6. The van der Waals surface area contributed by atoms with Crippen LogP contribution in [0, 0.1) is 11.3 Å². The first-order chi connectivity index (χ1) is 5.56. The molecule has 0 aromatic rings. The summed E-state index contributed by atoms with van der Waals surface area (Å²) in [6.45, 7) is 10.7. The van der Waals surface area contributed by atoms with Crippen LogP contribution in [0.4, 0.5) is 0 Å². The largest absolute Gasteiger partial charge is 0.103 e. The molecule has 1 unspecified atom stereocenters. The zero-order chi connectivity index (χ0) is 9.61. The average Bonchev–Trinajstić information content (AvgIpc) is 2.04. The van der Waals surface area contributed by atoms with Gasteiger partial charge in [0.05, 0.1) is 0 Å². The first kappa shape index (κ1) is 12.2. The highest BCUT2D eigenvalue weighted by molar-refractivity contribution is 9.09. The van der Waals surface area contributed by atoms with Crippen molar-refractivity contribution in [2.24, 2.45) is 11.3 Å². The van der Waals surface area contributed by atoms with E-state index >= 15 is 0 Å². The lowest BCUT2D eigenvalue weighted by molar-refractivity contribution is 0.233. The van der Waals surface area contributed by atoms with Gasteiger partial charge in [-0.15, -0.1) is 6.58 Å². The van der Waals surface area contributed by atoms with Crippen LogP contribution >= 0.6 is 15.9 Å². The molecule has 0 heterocycles. The number of alkyl halides is 1. The third-order valence-corrected chi connectivity index (χ3v) is 4.14. The maximum atomic E-state index is 3.74. The van der Waals surface area contributed by atoms with Gasteiger partial charge in [-0.05, 0) is 30.6 Å². The molecule has 0 aliphatic heterocycles. The molecule has 0 N–H and O–H groups in total. The Morgan fingerprint density at radius 1 is 1.50 bits per heavy atom. The molecule has 0 aliphatic carbocycles. The van der Waals surface area contributed by atoms with Crippen LogP contribution in [0.1, 0.15) is 40.0 Å². The Bertz CT molecular complexity index is 129. The van der Waals surface area contributed by atoms with Gasteiger partial charge in [0.15, 0.2) is 0 Å². The Hall–Kier alpha value is 0.220. The maximum absolute atomic E-state index is 3.74. The molecular formula is C11H21Br. The second-order valence-corrected chi connectivity index (χ2v) is 4.68. The molecule has 0 nitrogen and oxygen atoms in total. The molecule has 0 saturated heterocycles.